The Morgan fingerprint density at radius 1 is 0.974 bits per heavy atom. The lowest BCUT2D eigenvalue weighted by Crippen LogP contribution is -2.23. The lowest BCUT2D eigenvalue weighted by Gasteiger charge is -2.22. The predicted octanol–water partition coefficient (Wildman–Crippen LogP) is 6.25. The third-order valence-corrected chi connectivity index (χ3v) is 6.46. The molecule has 1 saturated heterocycles. The number of nitrogens with zero attached hydrogens (tertiary/aromatic N) is 4. The van der Waals surface area contributed by atoms with E-state index in [-0.39, 0.29) is 11.8 Å². The molecular weight excluding hydrogens is 507 g/mol. The van der Waals surface area contributed by atoms with Crippen LogP contribution in [0.2, 0.25) is 0 Å². The van der Waals surface area contributed by atoms with Crippen LogP contribution in [0.15, 0.2) is 90.2 Å². The van der Waals surface area contributed by atoms with Crippen LogP contribution < -0.4 is 15.4 Å². The van der Waals surface area contributed by atoms with E-state index in [1.807, 2.05) is 53.1 Å². The van der Waals surface area contributed by atoms with Crippen molar-refractivity contribution < 1.29 is 22.6 Å². The molecule has 3 heterocycles. The number of para-hydroxylation sites is 2. The maximum atomic E-state index is 13.0. The number of pyridine rings is 1. The molecule has 0 unspecified atom stereocenters. The van der Waals surface area contributed by atoms with E-state index in [9.17, 15) is 13.2 Å². The molecule has 198 valence electrons. The molecule has 0 radical (unpaired) electrons. The van der Waals surface area contributed by atoms with Crippen molar-refractivity contribution in [3.05, 3.63) is 90.5 Å². The van der Waals surface area contributed by atoms with Gasteiger partial charge < -0.3 is 19.4 Å². The fourth-order valence-corrected chi connectivity index (χ4v) is 4.75. The number of alkyl halides is 3. The second-order valence-electron chi connectivity index (χ2n) is 9.18. The number of benzene rings is 3. The van der Waals surface area contributed by atoms with E-state index in [1.54, 1.807) is 18.5 Å². The number of fused-ring (bicyclic) bond motifs is 2. The molecule has 1 N–H and O–H groups in total. The van der Waals surface area contributed by atoms with E-state index >= 15 is 0 Å². The summed E-state index contributed by atoms with van der Waals surface area (Å²) in [4.78, 5) is 14.1. The van der Waals surface area contributed by atoms with E-state index in [2.05, 4.69) is 15.0 Å². The van der Waals surface area contributed by atoms with E-state index < -0.39 is 6.36 Å². The number of anilines is 2. The van der Waals surface area contributed by atoms with E-state index in [4.69, 9.17) is 14.7 Å². The van der Waals surface area contributed by atoms with Gasteiger partial charge in [0.1, 0.15) is 5.75 Å². The first kappa shape index (κ1) is 24.9. The highest BCUT2D eigenvalue weighted by atomic mass is 19.4. The van der Waals surface area contributed by atoms with Gasteiger partial charge in [0.05, 0.1) is 51.4 Å². The van der Waals surface area contributed by atoms with Crippen molar-refractivity contribution >= 4 is 22.4 Å². The van der Waals surface area contributed by atoms with Gasteiger partial charge in [-0.1, -0.05) is 18.2 Å². The highest BCUT2D eigenvalue weighted by Crippen LogP contribution is 2.32. The summed E-state index contributed by atoms with van der Waals surface area (Å²) in [7, 11) is 0. The van der Waals surface area contributed by atoms with E-state index in [0.717, 1.165) is 29.7 Å². The maximum absolute atomic E-state index is 13.0. The number of ether oxygens (including phenoxy) is 2. The van der Waals surface area contributed by atoms with Crippen molar-refractivity contribution in [1.29, 1.82) is 0 Å². The third kappa shape index (κ3) is 5.56. The maximum Gasteiger partial charge on any atom is 0.573 e. The molecule has 1 aromatic heterocycles. The van der Waals surface area contributed by atoms with Crippen LogP contribution in [0.1, 0.15) is 12.8 Å². The molecule has 2 aliphatic heterocycles. The quantitative estimate of drug-likeness (QED) is 0.272. The van der Waals surface area contributed by atoms with Crippen LogP contribution >= 0.6 is 0 Å². The lowest BCUT2D eigenvalue weighted by atomic mass is 10.1. The van der Waals surface area contributed by atoms with Crippen LogP contribution in [-0.2, 0) is 4.74 Å². The van der Waals surface area contributed by atoms with Gasteiger partial charge in [0.2, 0.25) is 0 Å². The standard InChI is InChI=1S/C29H24F3N5O2/c30-29(31,32)39-22-7-3-6-21(15-22)37-27-9-2-1-8-23(27)36-26-16-24(35-20-5-4-12-33-18-20)25(17-28(26)37)34-19-10-13-38-14-11-19/h1-9,12,15-19,35H,10-11,13-14H2/b34-25+. The predicted molar refractivity (Wildman–Crippen MR) is 141 cm³/mol. The molecular formula is C29H24F3N5O2. The molecule has 3 aromatic rings. The largest absolute Gasteiger partial charge is 0.573 e. The summed E-state index contributed by atoms with van der Waals surface area (Å²) >= 11 is 0. The van der Waals surface area contributed by atoms with Crippen LogP contribution in [0.3, 0.4) is 0 Å². The van der Waals surface area contributed by atoms with Gasteiger partial charge in [0.25, 0.3) is 0 Å². The second-order valence-corrected chi connectivity index (χ2v) is 9.18. The second kappa shape index (κ2) is 10.4. The molecule has 1 aliphatic carbocycles. The third-order valence-electron chi connectivity index (χ3n) is 6.46. The Morgan fingerprint density at radius 2 is 1.82 bits per heavy atom. The number of halogens is 3. The van der Waals surface area contributed by atoms with Crippen LogP contribution in [-0.4, -0.2) is 40.2 Å². The molecule has 0 spiro atoms. The molecule has 0 saturated carbocycles. The van der Waals surface area contributed by atoms with Crippen molar-refractivity contribution in [2.24, 2.45) is 4.99 Å². The molecule has 0 bridgehead atoms. The molecule has 7 nitrogen and oxygen atoms in total. The number of hydrogen-bond donors (Lipinski definition) is 1. The zero-order valence-corrected chi connectivity index (χ0v) is 20.7. The van der Waals surface area contributed by atoms with Crippen LogP contribution in [0, 0.1) is 0 Å². The summed E-state index contributed by atoms with van der Waals surface area (Å²) in [5.41, 5.74) is 4.82. The van der Waals surface area contributed by atoms with E-state index in [1.165, 1.54) is 18.2 Å². The van der Waals surface area contributed by atoms with Gasteiger partial charge in [-0.2, -0.15) is 0 Å². The minimum atomic E-state index is -4.80. The van der Waals surface area contributed by atoms with Gasteiger partial charge in [-0.15, -0.1) is 13.2 Å². The summed E-state index contributed by atoms with van der Waals surface area (Å²) in [6.45, 7) is 1.29. The Bertz CT molecular complexity index is 1650. The minimum absolute atomic E-state index is 0.0797. The van der Waals surface area contributed by atoms with Crippen molar-refractivity contribution in [3.8, 4) is 22.8 Å². The summed E-state index contributed by atoms with van der Waals surface area (Å²) in [5, 5.41) is 4.13. The number of hydrogen-bond acceptors (Lipinski definition) is 6. The van der Waals surface area contributed by atoms with Gasteiger partial charge in [0, 0.05) is 31.2 Å². The van der Waals surface area contributed by atoms with Gasteiger partial charge >= 0.3 is 6.36 Å². The molecule has 2 aromatic carbocycles. The molecule has 10 heteroatoms. The van der Waals surface area contributed by atoms with Crippen LogP contribution in [0.4, 0.5) is 24.5 Å². The van der Waals surface area contributed by atoms with Crippen LogP contribution in [0.5, 0.6) is 5.75 Å². The number of nitrogens with one attached hydrogen (secondary N) is 1. The Morgan fingerprint density at radius 3 is 2.62 bits per heavy atom. The molecule has 0 atom stereocenters. The average Bonchev–Trinajstić information content (AvgIpc) is 2.92. The zero-order valence-electron chi connectivity index (χ0n) is 20.7. The van der Waals surface area contributed by atoms with Gasteiger partial charge in [0.15, 0.2) is 0 Å². The Kier molecular flexibility index (Phi) is 6.62. The minimum Gasteiger partial charge on any atom is -0.406 e. The summed E-state index contributed by atoms with van der Waals surface area (Å²) < 4.78 is 50.6. The first-order chi connectivity index (χ1) is 18.9. The number of aromatic nitrogens is 3. The van der Waals surface area contributed by atoms with Crippen molar-refractivity contribution in [2.45, 2.75) is 25.2 Å². The molecule has 39 heavy (non-hydrogen) atoms. The van der Waals surface area contributed by atoms with Gasteiger partial charge in [-0.3, -0.25) is 9.98 Å². The van der Waals surface area contributed by atoms with Gasteiger partial charge in [-0.05, 0) is 61.4 Å². The summed E-state index contributed by atoms with van der Waals surface area (Å²) in [6.07, 6.45) is 0.233. The van der Waals surface area contributed by atoms with Crippen molar-refractivity contribution in [2.75, 3.05) is 18.5 Å². The number of rotatable bonds is 5. The molecule has 6 rings (SSSR count). The lowest BCUT2D eigenvalue weighted by molar-refractivity contribution is -0.274. The van der Waals surface area contributed by atoms with Crippen molar-refractivity contribution in [1.82, 2.24) is 14.5 Å². The Balaban J connectivity index is 1.59. The first-order valence-electron chi connectivity index (χ1n) is 12.5. The zero-order chi connectivity index (χ0) is 26.8. The molecule has 0 amide bonds. The monoisotopic (exact) mass is 531 g/mol. The molecule has 3 aliphatic rings. The van der Waals surface area contributed by atoms with Crippen LogP contribution in [0.25, 0.3) is 28.1 Å². The highest BCUT2D eigenvalue weighted by molar-refractivity contribution is 5.84. The topological polar surface area (TPSA) is 73.6 Å². The Hall–Kier alpha value is -4.44. The van der Waals surface area contributed by atoms with Crippen molar-refractivity contribution in [3.63, 3.8) is 0 Å². The average molecular weight is 532 g/mol. The smallest absolute Gasteiger partial charge is 0.406 e. The van der Waals surface area contributed by atoms with Gasteiger partial charge in [-0.25, -0.2) is 4.98 Å². The SMILES string of the molecule is FC(F)(F)Oc1cccc(-n2c3c/c(=N\C4CCOCC4)c(Nc4cccnc4)cc-3nc3ccccc32)c1. The Labute approximate surface area is 221 Å². The summed E-state index contributed by atoms with van der Waals surface area (Å²) in [5.74, 6) is -0.302. The normalized spacial score (nSPS) is 15.1. The first-order valence-corrected chi connectivity index (χ1v) is 12.5. The fraction of sp³-hybridized carbons (Fsp3) is 0.207. The summed E-state index contributed by atoms with van der Waals surface area (Å²) in [6, 6.07) is 21.1. The van der Waals surface area contributed by atoms with E-state index in [0.29, 0.717) is 41.2 Å². The fourth-order valence-electron chi connectivity index (χ4n) is 4.75. The highest BCUT2D eigenvalue weighted by Gasteiger charge is 2.31. The molecule has 1 fully saturated rings.